The Morgan fingerprint density at radius 1 is 1.04 bits per heavy atom. The Kier molecular flexibility index (Phi) is 5.46. The van der Waals surface area contributed by atoms with Crippen molar-refractivity contribution in [2.45, 2.75) is 11.9 Å². The molecule has 2 aromatic rings. The van der Waals surface area contributed by atoms with E-state index in [0.29, 0.717) is 22.6 Å². The lowest BCUT2D eigenvalue weighted by Gasteiger charge is -2.13. The zero-order valence-electron chi connectivity index (χ0n) is 15.2. The third kappa shape index (κ3) is 4.20. The topological polar surface area (TPSA) is 114 Å². The molecule has 0 bridgehead atoms. The minimum Gasteiger partial charge on any atom is -0.497 e. The molecule has 1 unspecified atom stereocenters. The number of rotatable bonds is 7. The first-order valence-corrected chi connectivity index (χ1v) is 9.80. The van der Waals surface area contributed by atoms with Crippen LogP contribution in [0.2, 0.25) is 0 Å². The standard InChI is InChI=1S/C19H19NO7S/c1-24-14-8-13(9-15(10-14)25-2)17-16(21)18(19(20)26-17)27-28(22,23)11-12-6-4-3-5-7-12/h3-10,17H,11,20H2,1-2H3. The Balaban J connectivity index is 1.81. The molecule has 9 heteroatoms. The number of hydrogen-bond donors (Lipinski definition) is 1. The van der Waals surface area contributed by atoms with Crippen LogP contribution in [0.1, 0.15) is 17.2 Å². The van der Waals surface area contributed by atoms with Crippen molar-refractivity contribution in [3.05, 3.63) is 71.3 Å². The molecule has 1 heterocycles. The van der Waals surface area contributed by atoms with Gasteiger partial charge in [-0.3, -0.25) is 4.79 Å². The van der Waals surface area contributed by atoms with Gasteiger partial charge >= 0.3 is 10.1 Å². The van der Waals surface area contributed by atoms with Crippen LogP contribution in [-0.4, -0.2) is 28.4 Å². The monoisotopic (exact) mass is 405 g/mol. The fourth-order valence-electron chi connectivity index (χ4n) is 2.69. The van der Waals surface area contributed by atoms with E-state index in [2.05, 4.69) is 0 Å². The van der Waals surface area contributed by atoms with Gasteiger partial charge in [-0.15, -0.1) is 0 Å². The van der Waals surface area contributed by atoms with Gasteiger partial charge in [-0.25, -0.2) is 0 Å². The molecular formula is C19H19NO7S. The van der Waals surface area contributed by atoms with Gasteiger partial charge in [0.2, 0.25) is 17.4 Å². The number of ether oxygens (including phenoxy) is 3. The molecule has 0 saturated carbocycles. The van der Waals surface area contributed by atoms with Crippen molar-refractivity contribution in [2.75, 3.05) is 14.2 Å². The summed E-state index contributed by atoms with van der Waals surface area (Å²) in [5, 5.41) is 0. The molecule has 1 aliphatic heterocycles. The van der Waals surface area contributed by atoms with E-state index in [0.717, 1.165) is 0 Å². The van der Waals surface area contributed by atoms with E-state index in [9.17, 15) is 13.2 Å². The highest BCUT2D eigenvalue weighted by molar-refractivity contribution is 7.86. The predicted molar refractivity (Wildman–Crippen MR) is 99.7 cm³/mol. The highest BCUT2D eigenvalue weighted by Crippen LogP contribution is 2.36. The van der Waals surface area contributed by atoms with E-state index in [-0.39, 0.29) is 0 Å². The van der Waals surface area contributed by atoms with Crippen molar-refractivity contribution in [2.24, 2.45) is 5.73 Å². The molecule has 3 rings (SSSR count). The highest BCUT2D eigenvalue weighted by Gasteiger charge is 2.40. The summed E-state index contributed by atoms with van der Waals surface area (Å²) in [5.41, 5.74) is 6.63. The van der Waals surface area contributed by atoms with Crippen LogP contribution in [-0.2, 0) is 29.6 Å². The molecule has 28 heavy (non-hydrogen) atoms. The van der Waals surface area contributed by atoms with Crippen molar-refractivity contribution < 1.29 is 31.6 Å². The molecule has 148 valence electrons. The molecule has 0 amide bonds. The Morgan fingerprint density at radius 3 is 2.21 bits per heavy atom. The van der Waals surface area contributed by atoms with E-state index in [4.69, 9.17) is 24.1 Å². The van der Waals surface area contributed by atoms with Gasteiger partial charge in [0.05, 0.1) is 14.2 Å². The number of carbonyl (C=O) groups is 1. The summed E-state index contributed by atoms with van der Waals surface area (Å²) in [4.78, 5) is 12.7. The van der Waals surface area contributed by atoms with E-state index in [1.165, 1.54) is 14.2 Å². The van der Waals surface area contributed by atoms with Gasteiger partial charge in [-0.2, -0.15) is 8.42 Å². The van der Waals surface area contributed by atoms with Crippen molar-refractivity contribution in [3.8, 4) is 11.5 Å². The van der Waals surface area contributed by atoms with E-state index in [1.54, 1.807) is 48.5 Å². The second-order valence-corrected chi connectivity index (χ2v) is 7.54. The number of benzene rings is 2. The fourth-order valence-corrected chi connectivity index (χ4v) is 3.77. The molecule has 0 aromatic heterocycles. The van der Waals surface area contributed by atoms with Gasteiger partial charge in [0, 0.05) is 11.6 Å². The van der Waals surface area contributed by atoms with Crippen LogP contribution in [0.25, 0.3) is 0 Å². The third-order valence-corrected chi connectivity index (χ3v) is 5.11. The maximum Gasteiger partial charge on any atom is 0.313 e. The van der Waals surface area contributed by atoms with Crippen LogP contribution in [0, 0.1) is 0 Å². The smallest absolute Gasteiger partial charge is 0.313 e. The number of carbonyl (C=O) groups excluding carboxylic acids is 1. The Bertz CT molecular complexity index is 994. The maximum absolute atomic E-state index is 12.7. The molecule has 1 atom stereocenters. The number of ketones is 1. The van der Waals surface area contributed by atoms with Crippen LogP contribution in [0.4, 0.5) is 0 Å². The van der Waals surface area contributed by atoms with Gasteiger partial charge in [0.25, 0.3) is 0 Å². The van der Waals surface area contributed by atoms with Crippen LogP contribution in [0.15, 0.2) is 60.2 Å². The second kappa shape index (κ2) is 7.81. The van der Waals surface area contributed by atoms with Crippen LogP contribution in [0.3, 0.4) is 0 Å². The number of methoxy groups -OCH3 is 2. The molecule has 0 fully saturated rings. The Hall–Kier alpha value is -3.20. The second-order valence-electron chi connectivity index (χ2n) is 5.97. The highest BCUT2D eigenvalue weighted by atomic mass is 32.2. The molecule has 0 spiro atoms. The minimum atomic E-state index is -4.10. The first kappa shape index (κ1) is 19.6. The molecule has 2 N–H and O–H groups in total. The fraction of sp³-hybridized carbons (Fsp3) is 0.211. The lowest BCUT2D eigenvalue weighted by molar-refractivity contribution is -0.123. The van der Waals surface area contributed by atoms with Gasteiger partial charge in [0.1, 0.15) is 17.3 Å². The molecule has 0 radical (unpaired) electrons. The van der Waals surface area contributed by atoms with Crippen molar-refractivity contribution in [1.29, 1.82) is 0 Å². The Morgan fingerprint density at radius 2 is 1.64 bits per heavy atom. The maximum atomic E-state index is 12.7. The zero-order chi connectivity index (χ0) is 20.3. The van der Waals surface area contributed by atoms with E-state index in [1.807, 2.05) is 0 Å². The minimum absolute atomic E-state index is 0.392. The molecule has 8 nitrogen and oxygen atoms in total. The Labute approximate surface area is 162 Å². The lowest BCUT2D eigenvalue weighted by Crippen LogP contribution is -2.16. The molecule has 2 aromatic carbocycles. The van der Waals surface area contributed by atoms with Crippen LogP contribution in [0.5, 0.6) is 11.5 Å². The summed E-state index contributed by atoms with van der Waals surface area (Å²) in [6.45, 7) is 0. The largest absolute Gasteiger partial charge is 0.497 e. The van der Waals surface area contributed by atoms with Gasteiger partial charge in [-0.1, -0.05) is 30.3 Å². The molecule has 1 aliphatic rings. The van der Waals surface area contributed by atoms with Crippen molar-refractivity contribution in [1.82, 2.24) is 0 Å². The number of nitrogens with two attached hydrogens (primary N) is 1. The molecular weight excluding hydrogens is 386 g/mol. The van der Waals surface area contributed by atoms with E-state index < -0.39 is 39.4 Å². The summed E-state index contributed by atoms with van der Waals surface area (Å²) in [5.74, 6) is -1.17. The number of Topliss-reactive ketones (excluding diaryl/α,β-unsaturated/α-hetero) is 1. The zero-order valence-corrected chi connectivity index (χ0v) is 16.1. The first-order chi connectivity index (χ1) is 13.3. The van der Waals surface area contributed by atoms with Crippen molar-refractivity contribution >= 4 is 15.9 Å². The summed E-state index contributed by atoms with van der Waals surface area (Å²) >= 11 is 0. The summed E-state index contributed by atoms with van der Waals surface area (Å²) in [6, 6.07) is 13.2. The SMILES string of the molecule is COc1cc(OC)cc(C2OC(N)=C(OS(=O)(=O)Cc3ccccc3)C2=O)c1. The number of hydrogen-bond acceptors (Lipinski definition) is 8. The van der Waals surface area contributed by atoms with Crippen LogP contribution >= 0.6 is 0 Å². The summed E-state index contributed by atoms with van der Waals surface area (Å²) in [6.07, 6.45) is -1.16. The lowest BCUT2D eigenvalue weighted by atomic mass is 10.1. The normalized spacial score (nSPS) is 16.6. The quantitative estimate of drug-likeness (QED) is 0.696. The van der Waals surface area contributed by atoms with Gasteiger partial charge in [-0.05, 0) is 17.7 Å². The first-order valence-electron chi connectivity index (χ1n) is 8.22. The summed E-state index contributed by atoms with van der Waals surface area (Å²) < 4.78 is 45.4. The van der Waals surface area contributed by atoms with E-state index >= 15 is 0 Å². The predicted octanol–water partition coefficient (Wildman–Crippen LogP) is 2.02. The van der Waals surface area contributed by atoms with Crippen molar-refractivity contribution in [3.63, 3.8) is 0 Å². The molecule has 0 saturated heterocycles. The molecule has 0 aliphatic carbocycles. The average molecular weight is 405 g/mol. The van der Waals surface area contributed by atoms with Gasteiger partial charge in [0.15, 0.2) is 6.10 Å². The summed E-state index contributed by atoms with van der Waals surface area (Å²) in [7, 11) is -1.17. The third-order valence-electron chi connectivity index (χ3n) is 4.00. The average Bonchev–Trinajstić information content (AvgIpc) is 2.95. The van der Waals surface area contributed by atoms with Gasteiger partial charge < -0.3 is 24.1 Å². The van der Waals surface area contributed by atoms with Crippen LogP contribution < -0.4 is 15.2 Å².